The Kier molecular flexibility index (Phi) is 15.1. The molecule has 346 valence electrons. The molecule has 1 aromatic carbocycles. The van der Waals surface area contributed by atoms with Crippen molar-refractivity contribution in [2.45, 2.75) is 104 Å². The lowest BCUT2D eigenvalue weighted by atomic mass is 9.91. The average molecular weight is 889 g/mol. The lowest BCUT2D eigenvalue weighted by Crippen LogP contribution is -2.62. The van der Waals surface area contributed by atoms with Crippen LogP contribution < -0.4 is 10.7 Å². The van der Waals surface area contributed by atoms with Gasteiger partial charge < -0.3 is 29.2 Å². The fourth-order valence-electron chi connectivity index (χ4n) is 9.97. The van der Waals surface area contributed by atoms with Crippen molar-refractivity contribution < 1.29 is 33.4 Å². The Labute approximate surface area is 381 Å². The minimum atomic E-state index is -1.10. The van der Waals surface area contributed by atoms with E-state index in [1.54, 1.807) is 31.5 Å². The second-order valence-electron chi connectivity index (χ2n) is 17.9. The minimum Gasteiger partial charge on any atom is -0.464 e. The normalized spacial score (nSPS) is 20.9. The van der Waals surface area contributed by atoms with E-state index in [-0.39, 0.29) is 43.2 Å². The van der Waals surface area contributed by atoms with Gasteiger partial charge >= 0.3 is 5.97 Å². The highest BCUT2D eigenvalue weighted by Gasteiger charge is 2.40. The number of carbonyl (C=O) groups excluding carboxylic acids is 5. The van der Waals surface area contributed by atoms with Gasteiger partial charge in [0.1, 0.15) is 18.1 Å². The van der Waals surface area contributed by atoms with Gasteiger partial charge in [-0.15, -0.1) is 0 Å². The number of fused-ring (bicyclic) bond motifs is 6. The van der Waals surface area contributed by atoms with E-state index in [1.807, 2.05) is 32.0 Å². The first kappa shape index (κ1) is 47.0. The Balaban J connectivity index is 1.28. The number of esters is 1. The molecule has 15 nitrogen and oxygen atoms in total. The van der Waals surface area contributed by atoms with E-state index >= 15 is 0 Å². The van der Waals surface area contributed by atoms with Crippen LogP contribution in [0.15, 0.2) is 67.5 Å². The highest BCUT2D eigenvalue weighted by Crippen LogP contribution is 2.39. The van der Waals surface area contributed by atoms with Crippen LogP contribution in [-0.4, -0.2) is 117 Å². The van der Waals surface area contributed by atoms with Crippen molar-refractivity contribution >= 4 is 40.5 Å². The zero-order chi connectivity index (χ0) is 46.4. The Hall–Kier alpha value is -5.93. The number of hydrogen-bond donors (Lipinski definition) is 2. The van der Waals surface area contributed by atoms with Crippen molar-refractivity contribution in [1.82, 2.24) is 40.1 Å². The number of likely N-dealkylation sites (tertiary alicyclic amines) is 1. The maximum atomic E-state index is 14.7. The molecule has 2 N–H and O–H groups in total. The SMILES string of the molecule is C=CC(=O)N1CC[C@H](C(=O)N(C)[C@H](C(=O)N[C@H]2Cc3cc(ccn3)-c3ccc4c(c3)c(c(-c3cccnc3COC)n4CC)CC(CCC)COC(=O)[C@@H]3CCCN(N3)C2=O)C(C)C)C1. The topological polar surface area (TPSA) is 168 Å². The molecule has 3 aromatic heterocycles. The smallest absolute Gasteiger partial charge is 0.324 e. The third kappa shape index (κ3) is 10.2. The molecule has 4 amide bonds. The van der Waals surface area contributed by atoms with E-state index in [2.05, 4.69) is 60.0 Å². The molecule has 0 aliphatic carbocycles. The van der Waals surface area contributed by atoms with Gasteiger partial charge in [0.25, 0.3) is 5.91 Å². The number of nitrogens with zero attached hydrogens (tertiary/aromatic N) is 6. The van der Waals surface area contributed by atoms with E-state index in [0.29, 0.717) is 57.6 Å². The number of amides is 4. The number of hydrogen-bond acceptors (Lipinski definition) is 10. The Morgan fingerprint density at radius 1 is 1.05 bits per heavy atom. The largest absolute Gasteiger partial charge is 0.464 e. The summed E-state index contributed by atoms with van der Waals surface area (Å²) in [4.78, 5) is 81.8. The van der Waals surface area contributed by atoms with Gasteiger partial charge in [-0.1, -0.05) is 39.8 Å². The van der Waals surface area contributed by atoms with E-state index in [1.165, 1.54) is 16.0 Å². The minimum absolute atomic E-state index is 0.00158. The van der Waals surface area contributed by atoms with Crippen molar-refractivity contribution in [3.8, 4) is 22.4 Å². The van der Waals surface area contributed by atoms with Crippen LogP contribution in [0.1, 0.15) is 76.8 Å². The van der Waals surface area contributed by atoms with Crippen LogP contribution in [0.25, 0.3) is 33.3 Å². The summed E-state index contributed by atoms with van der Waals surface area (Å²) in [5.41, 5.74) is 10.7. The number of aryl methyl sites for hydroxylation is 1. The summed E-state index contributed by atoms with van der Waals surface area (Å²) in [6.07, 6.45) is 8.66. The number of hydrazine groups is 1. The van der Waals surface area contributed by atoms with Gasteiger partial charge in [0.2, 0.25) is 17.7 Å². The van der Waals surface area contributed by atoms with Crippen LogP contribution in [0.4, 0.5) is 0 Å². The first-order valence-corrected chi connectivity index (χ1v) is 23.1. The summed E-state index contributed by atoms with van der Waals surface area (Å²) in [6, 6.07) is 11.6. The molecule has 6 bridgehead atoms. The average Bonchev–Trinajstić information content (AvgIpc) is 3.93. The summed E-state index contributed by atoms with van der Waals surface area (Å²) < 4.78 is 14.1. The van der Waals surface area contributed by atoms with Gasteiger partial charge in [-0.25, -0.2) is 5.43 Å². The summed E-state index contributed by atoms with van der Waals surface area (Å²) in [5.74, 6) is -2.63. The molecule has 0 spiro atoms. The second-order valence-corrected chi connectivity index (χ2v) is 17.9. The van der Waals surface area contributed by atoms with E-state index in [4.69, 9.17) is 19.4 Å². The molecule has 3 aliphatic heterocycles. The molecule has 5 atom stereocenters. The van der Waals surface area contributed by atoms with Crippen molar-refractivity contribution in [3.05, 3.63) is 84.5 Å². The van der Waals surface area contributed by atoms with Gasteiger partial charge in [-0.2, -0.15) is 0 Å². The van der Waals surface area contributed by atoms with Crippen molar-refractivity contribution in [3.63, 3.8) is 0 Å². The molecule has 1 unspecified atom stereocenters. The van der Waals surface area contributed by atoms with Crippen LogP contribution in [-0.2, 0) is 59.4 Å². The first-order valence-electron chi connectivity index (χ1n) is 23.1. The summed E-state index contributed by atoms with van der Waals surface area (Å²) in [6.45, 7) is 13.8. The fourth-order valence-corrected chi connectivity index (χ4v) is 9.97. The van der Waals surface area contributed by atoms with Crippen molar-refractivity contribution in [2.24, 2.45) is 17.8 Å². The van der Waals surface area contributed by atoms with Crippen LogP contribution in [0, 0.1) is 17.8 Å². The van der Waals surface area contributed by atoms with Crippen LogP contribution in [0.2, 0.25) is 0 Å². The van der Waals surface area contributed by atoms with Gasteiger partial charge in [0, 0.05) is 81.3 Å². The number of pyridine rings is 2. The van der Waals surface area contributed by atoms with Crippen molar-refractivity contribution in [2.75, 3.05) is 40.4 Å². The number of rotatable bonds is 12. The zero-order valence-electron chi connectivity index (χ0n) is 38.7. The Morgan fingerprint density at radius 3 is 2.58 bits per heavy atom. The fraction of sp³-hybridized carbons (Fsp3) is 0.500. The molecular formula is C50H64N8O7. The lowest BCUT2D eigenvalue weighted by Gasteiger charge is -2.36. The van der Waals surface area contributed by atoms with E-state index < -0.39 is 41.8 Å². The third-order valence-electron chi connectivity index (χ3n) is 13.2. The van der Waals surface area contributed by atoms with E-state index in [0.717, 1.165) is 57.4 Å². The molecule has 4 aromatic rings. The lowest BCUT2D eigenvalue weighted by molar-refractivity contribution is -0.154. The highest BCUT2D eigenvalue weighted by atomic mass is 16.5. The molecule has 2 saturated heterocycles. The van der Waals surface area contributed by atoms with Gasteiger partial charge in [-0.3, -0.25) is 38.9 Å². The first-order chi connectivity index (χ1) is 31.4. The number of ether oxygens (including phenoxy) is 2. The Morgan fingerprint density at radius 2 is 1.85 bits per heavy atom. The maximum Gasteiger partial charge on any atom is 0.324 e. The second kappa shape index (κ2) is 20.9. The van der Waals surface area contributed by atoms with E-state index in [9.17, 15) is 24.0 Å². The number of likely N-dealkylation sites (N-methyl/N-ethyl adjacent to an activating group) is 1. The molecule has 65 heavy (non-hydrogen) atoms. The quantitative estimate of drug-likeness (QED) is 0.137. The van der Waals surface area contributed by atoms with Crippen LogP contribution in [0.3, 0.4) is 0 Å². The van der Waals surface area contributed by atoms with Gasteiger partial charge in [0.15, 0.2) is 0 Å². The standard InChI is InChI=1S/C50H64N8O7/c1-8-13-32-24-39-38-26-33(16-17-43(38)57(10-3)46(39)37-14-11-20-52-42(37)30-64-7)34-18-21-51-36(25-34)27-41(49(62)58-22-12-15-40(54-58)50(63)65-29-32)53-47(60)45(31(4)5)55(6)48(61)35-19-23-56(28-35)44(59)9-2/h9,11,14,16-18,20-21,25-26,31-32,35,40-41,45,54H,2,8,10,12-13,15,19,22-24,27-30H2,1,3-7H3,(H,53,60)/t32?,35-,40-,41-,45-/m0/s1. The predicted octanol–water partition coefficient (Wildman–Crippen LogP) is 5.49. The third-order valence-corrected chi connectivity index (χ3v) is 13.2. The molecule has 0 radical (unpaired) electrons. The number of benzene rings is 1. The van der Waals surface area contributed by atoms with Crippen LogP contribution in [0.5, 0.6) is 0 Å². The van der Waals surface area contributed by atoms with Crippen molar-refractivity contribution in [1.29, 1.82) is 0 Å². The number of methoxy groups -OCH3 is 1. The molecule has 0 saturated carbocycles. The summed E-state index contributed by atoms with van der Waals surface area (Å²) >= 11 is 0. The molecule has 7 rings (SSSR count). The number of nitrogens with one attached hydrogen (secondary N) is 2. The summed E-state index contributed by atoms with van der Waals surface area (Å²) in [7, 11) is 3.27. The number of aromatic nitrogens is 3. The molecule has 3 aliphatic rings. The molecule has 2 fully saturated rings. The monoisotopic (exact) mass is 888 g/mol. The molecule has 6 heterocycles. The predicted molar refractivity (Wildman–Crippen MR) is 248 cm³/mol. The molecular weight excluding hydrogens is 825 g/mol. The highest BCUT2D eigenvalue weighted by molar-refractivity contribution is 5.96. The zero-order valence-corrected chi connectivity index (χ0v) is 38.7. The van der Waals surface area contributed by atoms with Gasteiger partial charge in [0.05, 0.1) is 30.5 Å². The maximum absolute atomic E-state index is 14.7. The van der Waals surface area contributed by atoms with Gasteiger partial charge in [-0.05, 0) is 110 Å². The van der Waals surface area contributed by atoms with Crippen LogP contribution >= 0.6 is 0 Å². The number of cyclic esters (lactones) is 1. The summed E-state index contributed by atoms with van der Waals surface area (Å²) in [5, 5.41) is 5.53. The molecule has 15 heteroatoms. The Bertz CT molecular complexity index is 2410. The number of carbonyl (C=O) groups is 5.